The van der Waals surface area contributed by atoms with E-state index in [0.717, 1.165) is 15.6 Å². The second kappa shape index (κ2) is 3.70. The van der Waals surface area contributed by atoms with Crippen molar-refractivity contribution in [2.75, 3.05) is 0 Å². The lowest BCUT2D eigenvalue weighted by Gasteiger charge is -2.13. The van der Waals surface area contributed by atoms with E-state index in [0.29, 0.717) is 11.7 Å². The Morgan fingerprint density at radius 3 is 2.31 bits per heavy atom. The summed E-state index contributed by atoms with van der Waals surface area (Å²) in [5.74, 6) is 0.744. The topological polar surface area (TPSA) is 20.2 Å². The fourth-order valence-corrected chi connectivity index (χ4v) is 1.87. The molecule has 0 radical (unpaired) electrons. The standard InChI is InChI=1S/C11H15BrO/c1-6(2)9-5-7(3)8(4)10(12)11(9)13/h5-6,13H,1-4H3. The maximum atomic E-state index is 9.83. The third kappa shape index (κ3) is 1.88. The van der Waals surface area contributed by atoms with Crippen molar-refractivity contribution in [1.29, 1.82) is 0 Å². The number of hydrogen-bond donors (Lipinski definition) is 1. The molecule has 1 nitrogen and oxygen atoms in total. The maximum absolute atomic E-state index is 9.83. The summed E-state index contributed by atoms with van der Waals surface area (Å²) in [6.45, 7) is 8.22. The molecule has 0 aliphatic carbocycles. The first-order chi connectivity index (χ1) is 5.95. The van der Waals surface area contributed by atoms with Crippen molar-refractivity contribution in [1.82, 2.24) is 0 Å². The number of aromatic hydroxyl groups is 1. The van der Waals surface area contributed by atoms with E-state index in [-0.39, 0.29) is 0 Å². The van der Waals surface area contributed by atoms with Crippen LogP contribution in [-0.4, -0.2) is 5.11 Å². The number of phenolic OH excluding ortho intramolecular Hbond substituents is 1. The first kappa shape index (κ1) is 10.6. The van der Waals surface area contributed by atoms with E-state index < -0.39 is 0 Å². The van der Waals surface area contributed by atoms with Gasteiger partial charge in [0.15, 0.2) is 0 Å². The highest BCUT2D eigenvalue weighted by atomic mass is 79.9. The van der Waals surface area contributed by atoms with Crippen LogP contribution in [0.2, 0.25) is 0 Å². The second-order valence-electron chi connectivity index (χ2n) is 3.72. The summed E-state index contributed by atoms with van der Waals surface area (Å²) in [6, 6.07) is 2.06. The Labute approximate surface area is 87.9 Å². The van der Waals surface area contributed by atoms with Crippen LogP contribution in [0.1, 0.15) is 36.5 Å². The molecule has 0 amide bonds. The second-order valence-corrected chi connectivity index (χ2v) is 4.52. The van der Waals surface area contributed by atoms with Crippen LogP contribution in [0.5, 0.6) is 5.75 Å². The quantitative estimate of drug-likeness (QED) is 0.793. The van der Waals surface area contributed by atoms with Gasteiger partial charge in [-0.1, -0.05) is 19.9 Å². The van der Waals surface area contributed by atoms with Gasteiger partial charge in [0.1, 0.15) is 5.75 Å². The van der Waals surface area contributed by atoms with Crippen LogP contribution in [0.4, 0.5) is 0 Å². The van der Waals surface area contributed by atoms with Gasteiger partial charge in [0, 0.05) is 0 Å². The summed E-state index contributed by atoms with van der Waals surface area (Å²) in [5, 5.41) is 9.83. The van der Waals surface area contributed by atoms with Crippen molar-refractivity contribution in [2.24, 2.45) is 0 Å². The number of phenols is 1. The van der Waals surface area contributed by atoms with Gasteiger partial charge in [0.05, 0.1) is 4.47 Å². The average molecular weight is 243 g/mol. The Hall–Kier alpha value is -0.500. The zero-order valence-corrected chi connectivity index (χ0v) is 10.1. The highest BCUT2D eigenvalue weighted by Crippen LogP contribution is 2.36. The third-order valence-corrected chi connectivity index (χ3v) is 3.37. The zero-order chi connectivity index (χ0) is 10.2. The summed E-state index contributed by atoms with van der Waals surface area (Å²) < 4.78 is 0.830. The normalized spacial score (nSPS) is 10.9. The van der Waals surface area contributed by atoms with Gasteiger partial charge in [0.2, 0.25) is 0 Å². The molecule has 0 saturated carbocycles. The molecule has 0 heterocycles. The fourth-order valence-electron chi connectivity index (χ4n) is 1.33. The Kier molecular flexibility index (Phi) is 3.01. The lowest BCUT2D eigenvalue weighted by Crippen LogP contribution is -1.93. The smallest absolute Gasteiger partial charge is 0.133 e. The van der Waals surface area contributed by atoms with Crippen LogP contribution in [0.3, 0.4) is 0 Å². The van der Waals surface area contributed by atoms with Crippen molar-refractivity contribution in [3.8, 4) is 5.75 Å². The van der Waals surface area contributed by atoms with E-state index in [9.17, 15) is 5.11 Å². The van der Waals surface area contributed by atoms with Gasteiger partial charge >= 0.3 is 0 Å². The van der Waals surface area contributed by atoms with Crippen molar-refractivity contribution in [3.05, 3.63) is 27.2 Å². The van der Waals surface area contributed by atoms with E-state index in [2.05, 4.69) is 42.8 Å². The zero-order valence-electron chi connectivity index (χ0n) is 8.48. The van der Waals surface area contributed by atoms with Crippen molar-refractivity contribution in [2.45, 2.75) is 33.6 Å². The average Bonchev–Trinajstić information content (AvgIpc) is 2.07. The highest BCUT2D eigenvalue weighted by Gasteiger charge is 2.12. The number of halogens is 1. The molecule has 0 spiro atoms. The van der Waals surface area contributed by atoms with Gasteiger partial charge in [0.25, 0.3) is 0 Å². The number of aryl methyl sites for hydroxylation is 1. The van der Waals surface area contributed by atoms with Crippen LogP contribution in [0.25, 0.3) is 0 Å². The van der Waals surface area contributed by atoms with Crippen molar-refractivity contribution >= 4 is 15.9 Å². The van der Waals surface area contributed by atoms with E-state index in [1.54, 1.807) is 0 Å². The number of rotatable bonds is 1. The molecular weight excluding hydrogens is 228 g/mol. The highest BCUT2D eigenvalue weighted by molar-refractivity contribution is 9.10. The van der Waals surface area contributed by atoms with E-state index in [1.165, 1.54) is 5.56 Å². The molecule has 13 heavy (non-hydrogen) atoms. The molecule has 0 fully saturated rings. The van der Waals surface area contributed by atoms with E-state index >= 15 is 0 Å². The number of benzene rings is 1. The van der Waals surface area contributed by atoms with Gasteiger partial charge in [-0.25, -0.2) is 0 Å². The van der Waals surface area contributed by atoms with Gasteiger partial charge in [-0.2, -0.15) is 0 Å². The molecule has 72 valence electrons. The fraction of sp³-hybridized carbons (Fsp3) is 0.455. The predicted molar refractivity (Wildman–Crippen MR) is 59.4 cm³/mol. The summed E-state index contributed by atoms with van der Waals surface area (Å²) in [7, 11) is 0. The first-order valence-electron chi connectivity index (χ1n) is 4.43. The lowest BCUT2D eigenvalue weighted by molar-refractivity contribution is 0.460. The molecule has 0 saturated heterocycles. The molecule has 0 aromatic heterocycles. The monoisotopic (exact) mass is 242 g/mol. The van der Waals surface area contributed by atoms with E-state index in [4.69, 9.17) is 0 Å². The molecule has 0 aliphatic heterocycles. The van der Waals surface area contributed by atoms with Gasteiger partial charge in [-0.3, -0.25) is 0 Å². The minimum Gasteiger partial charge on any atom is -0.506 e. The van der Waals surface area contributed by atoms with Gasteiger partial charge in [-0.15, -0.1) is 0 Å². The summed E-state index contributed by atoms with van der Waals surface area (Å²) in [4.78, 5) is 0. The molecule has 1 rings (SSSR count). The molecule has 1 aromatic carbocycles. The lowest BCUT2D eigenvalue weighted by atomic mass is 9.97. The molecule has 1 aromatic rings. The van der Waals surface area contributed by atoms with Gasteiger partial charge < -0.3 is 5.11 Å². The predicted octanol–water partition coefficient (Wildman–Crippen LogP) is 3.89. The van der Waals surface area contributed by atoms with Crippen LogP contribution in [0, 0.1) is 13.8 Å². The van der Waals surface area contributed by atoms with Crippen LogP contribution < -0.4 is 0 Å². The molecule has 0 bridgehead atoms. The van der Waals surface area contributed by atoms with Crippen LogP contribution in [-0.2, 0) is 0 Å². The molecule has 0 unspecified atom stereocenters. The molecule has 1 N–H and O–H groups in total. The molecular formula is C11H15BrO. The maximum Gasteiger partial charge on any atom is 0.133 e. The van der Waals surface area contributed by atoms with Crippen LogP contribution in [0.15, 0.2) is 10.5 Å². The Balaban J connectivity index is 3.41. The summed E-state index contributed by atoms with van der Waals surface area (Å²) in [6.07, 6.45) is 0. The molecule has 2 heteroatoms. The Morgan fingerprint density at radius 1 is 1.31 bits per heavy atom. The minimum absolute atomic E-state index is 0.357. The first-order valence-corrected chi connectivity index (χ1v) is 5.23. The van der Waals surface area contributed by atoms with Crippen molar-refractivity contribution in [3.63, 3.8) is 0 Å². The van der Waals surface area contributed by atoms with Gasteiger partial charge in [-0.05, 0) is 52.4 Å². The number of hydrogen-bond acceptors (Lipinski definition) is 1. The van der Waals surface area contributed by atoms with Crippen molar-refractivity contribution < 1.29 is 5.11 Å². The Bertz CT molecular complexity index is 329. The minimum atomic E-state index is 0.357. The van der Waals surface area contributed by atoms with Crippen LogP contribution >= 0.6 is 15.9 Å². The SMILES string of the molecule is Cc1cc(C(C)C)c(O)c(Br)c1C. The van der Waals surface area contributed by atoms with E-state index in [1.807, 2.05) is 6.92 Å². The molecule has 0 atom stereocenters. The summed E-state index contributed by atoms with van der Waals surface area (Å²) in [5.41, 5.74) is 3.34. The largest absolute Gasteiger partial charge is 0.506 e. The molecule has 0 aliphatic rings. The third-order valence-electron chi connectivity index (χ3n) is 2.40. The Morgan fingerprint density at radius 2 is 1.85 bits per heavy atom. The summed E-state index contributed by atoms with van der Waals surface area (Å²) >= 11 is 3.40.